The highest BCUT2D eigenvalue weighted by Gasteiger charge is 2.26. The fraction of sp³-hybridized carbons (Fsp3) is 0.300. The highest BCUT2D eigenvalue weighted by Crippen LogP contribution is 2.26. The fourth-order valence-corrected chi connectivity index (χ4v) is 3.41. The zero-order chi connectivity index (χ0) is 19.7. The molecule has 10 heteroatoms. The van der Waals surface area contributed by atoms with Crippen LogP contribution in [0.15, 0.2) is 36.4 Å². The molecule has 30 heavy (non-hydrogen) atoms. The molecule has 0 aliphatic carbocycles. The van der Waals surface area contributed by atoms with Crippen LogP contribution in [0.3, 0.4) is 0 Å². The average molecular weight is 459 g/mol. The molecule has 1 amide bonds. The second-order valence-electron chi connectivity index (χ2n) is 6.91. The molecule has 1 fully saturated rings. The van der Waals surface area contributed by atoms with Crippen molar-refractivity contribution in [2.75, 3.05) is 18.5 Å². The maximum atomic E-state index is 14.0. The van der Waals surface area contributed by atoms with Crippen LogP contribution in [-0.2, 0) is 9.53 Å². The average Bonchev–Trinajstić information content (AvgIpc) is 3.13. The molecule has 3 aromatic rings. The number of imidazole rings is 1. The molecule has 2 aromatic carbocycles. The molecule has 1 unspecified atom stereocenters. The number of hydrogen-bond acceptors (Lipinski definition) is 4. The van der Waals surface area contributed by atoms with Crippen molar-refractivity contribution in [1.82, 2.24) is 9.97 Å². The zero-order valence-electron chi connectivity index (χ0n) is 15.9. The molecular weight excluding hydrogens is 437 g/mol. The first-order valence-corrected chi connectivity index (χ1v) is 9.10. The lowest BCUT2D eigenvalue weighted by atomic mass is 9.92. The van der Waals surface area contributed by atoms with Crippen molar-refractivity contribution in [2.24, 2.45) is 11.7 Å². The Labute approximate surface area is 184 Å². The van der Waals surface area contributed by atoms with E-state index in [0.717, 1.165) is 31.0 Å². The summed E-state index contributed by atoms with van der Waals surface area (Å²) >= 11 is 0. The van der Waals surface area contributed by atoms with Crippen LogP contribution in [0.5, 0.6) is 0 Å². The van der Waals surface area contributed by atoms with Crippen LogP contribution in [0.4, 0.5) is 14.5 Å². The van der Waals surface area contributed by atoms with Gasteiger partial charge >= 0.3 is 0 Å². The molecule has 1 aliphatic heterocycles. The SMILES string of the molecule is Cl.Cl.NC(C(=O)Nc1ccc2nc(-c3cc(F)ccc3F)[nH]c2c1)C1CCOCC1. The smallest absolute Gasteiger partial charge is 0.241 e. The lowest BCUT2D eigenvalue weighted by Crippen LogP contribution is -2.43. The normalized spacial score (nSPS) is 15.2. The molecule has 6 nitrogen and oxygen atoms in total. The molecule has 0 bridgehead atoms. The summed E-state index contributed by atoms with van der Waals surface area (Å²) < 4.78 is 32.7. The largest absolute Gasteiger partial charge is 0.381 e. The number of ether oxygens (including phenoxy) is 1. The second kappa shape index (κ2) is 10.2. The minimum Gasteiger partial charge on any atom is -0.381 e. The number of benzene rings is 2. The number of aromatic nitrogens is 2. The van der Waals surface area contributed by atoms with Gasteiger partial charge in [-0.1, -0.05) is 0 Å². The third-order valence-electron chi connectivity index (χ3n) is 5.01. The van der Waals surface area contributed by atoms with Gasteiger partial charge < -0.3 is 20.8 Å². The van der Waals surface area contributed by atoms with Crippen LogP contribution in [0.25, 0.3) is 22.4 Å². The van der Waals surface area contributed by atoms with Gasteiger partial charge in [-0.25, -0.2) is 13.8 Å². The summed E-state index contributed by atoms with van der Waals surface area (Å²) in [5.74, 6) is -1.08. The fourth-order valence-electron chi connectivity index (χ4n) is 3.41. The summed E-state index contributed by atoms with van der Waals surface area (Å²) in [6.07, 6.45) is 1.52. The van der Waals surface area contributed by atoms with Gasteiger partial charge in [-0.05, 0) is 55.2 Å². The van der Waals surface area contributed by atoms with Gasteiger partial charge in [0.15, 0.2) is 0 Å². The maximum absolute atomic E-state index is 14.0. The summed E-state index contributed by atoms with van der Waals surface area (Å²) in [7, 11) is 0. The summed E-state index contributed by atoms with van der Waals surface area (Å²) in [6.45, 7) is 1.23. The van der Waals surface area contributed by atoms with Crippen LogP contribution < -0.4 is 11.1 Å². The number of carbonyl (C=O) groups is 1. The number of hydrogen-bond donors (Lipinski definition) is 3. The molecule has 162 valence electrons. The van der Waals surface area contributed by atoms with E-state index >= 15 is 0 Å². The predicted octanol–water partition coefficient (Wildman–Crippen LogP) is 4.04. The molecule has 4 rings (SSSR count). The zero-order valence-corrected chi connectivity index (χ0v) is 17.5. The first-order valence-electron chi connectivity index (χ1n) is 9.10. The molecule has 0 radical (unpaired) electrons. The van der Waals surface area contributed by atoms with Crippen LogP contribution in [0, 0.1) is 17.6 Å². The second-order valence-corrected chi connectivity index (χ2v) is 6.91. The molecule has 1 aliphatic rings. The number of amides is 1. The Hall–Kier alpha value is -2.26. The predicted molar refractivity (Wildman–Crippen MR) is 116 cm³/mol. The number of nitrogens with zero attached hydrogens (tertiary/aromatic N) is 1. The van der Waals surface area contributed by atoms with Gasteiger partial charge in [0.25, 0.3) is 0 Å². The van der Waals surface area contributed by atoms with Gasteiger partial charge in [0.1, 0.15) is 17.5 Å². The van der Waals surface area contributed by atoms with Crippen LogP contribution >= 0.6 is 24.8 Å². The van der Waals surface area contributed by atoms with Gasteiger partial charge in [0.2, 0.25) is 5.91 Å². The van der Waals surface area contributed by atoms with Gasteiger partial charge in [0.05, 0.1) is 22.6 Å². The first kappa shape index (κ1) is 24.0. The number of aromatic amines is 1. The van der Waals surface area contributed by atoms with E-state index in [-0.39, 0.29) is 48.0 Å². The quantitative estimate of drug-likeness (QED) is 0.549. The van der Waals surface area contributed by atoms with Crippen LogP contribution in [0.1, 0.15) is 12.8 Å². The molecule has 4 N–H and O–H groups in total. The Balaban J connectivity index is 0.00000160. The summed E-state index contributed by atoms with van der Waals surface area (Å²) in [5.41, 5.74) is 7.86. The topological polar surface area (TPSA) is 93.0 Å². The summed E-state index contributed by atoms with van der Waals surface area (Å²) in [6, 6.07) is 7.67. The van der Waals surface area contributed by atoms with Gasteiger partial charge in [-0.3, -0.25) is 4.79 Å². The minimum absolute atomic E-state index is 0. The van der Waals surface area contributed by atoms with Crippen LogP contribution in [0.2, 0.25) is 0 Å². The van der Waals surface area contributed by atoms with Gasteiger partial charge in [0, 0.05) is 18.9 Å². The molecule has 2 heterocycles. The number of nitrogens with one attached hydrogen (secondary N) is 2. The Kier molecular flexibility index (Phi) is 8.14. The number of nitrogens with two attached hydrogens (primary N) is 1. The number of fused-ring (bicyclic) bond motifs is 1. The van der Waals surface area contributed by atoms with Crippen LogP contribution in [-0.4, -0.2) is 35.1 Å². The number of carbonyl (C=O) groups excluding carboxylic acids is 1. The standard InChI is InChI=1S/C20H20F2N4O2.2ClH/c21-12-1-3-15(22)14(9-12)19-25-16-4-2-13(10-17(16)26-19)24-20(27)18(23)11-5-7-28-8-6-11;;/h1-4,9-11,18H,5-8,23H2,(H,24,27)(H,25,26);2*1H. The first-order chi connectivity index (χ1) is 13.5. The van der Waals surface area contributed by atoms with Crippen molar-refractivity contribution in [3.8, 4) is 11.4 Å². The van der Waals surface area contributed by atoms with E-state index in [1.807, 2.05) is 0 Å². The molecule has 1 saturated heterocycles. The monoisotopic (exact) mass is 458 g/mol. The van der Waals surface area contributed by atoms with E-state index in [4.69, 9.17) is 10.5 Å². The number of halogens is 4. The van der Waals surface area contributed by atoms with Crippen molar-refractivity contribution in [1.29, 1.82) is 0 Å². The molecule has 0 spiro atoms. The van der Waals surface area contributed by atoms with E-state index < -0.39 is 17.7 Å². The van der Waals surface area contributed by atoms with Gasteiger partial charge in [-0.15, -0.1) is 24.8 Å². The Morgan fingerprint density at radius 1 is 1.17 bits per heavy atom. The summed E-state index contributed by atoms with van der Waals surface area (Å²) in [5, 5.41) is 2.81. The van der Waals surface area contributed by atoms with Gasteiger partial charge in [-0.2, -0.15) is 0 Å². The van der Waals surface area contributed by atoms with E-state index in [2.05, 4.69) is 15.3 Å². The van der Waals surface area contributed by atoms with Crippen molar-refractivity contribution >= 4 is 47.4 Å². The lowest BCUT2D eigenvalue weighted by Gasteiger charge is -2.26. The number of rotatable bonds is 4. The van der Waals surface area contributed by atoms with E-state index in [0.29, 0.717) is 29.9 Å². The van der Waals surface area contributed by atoms with E-state index in [1.54, 1.807) is 18.2 Å². The van der Waals surface area contributed by atoms with Crippen molar-refractivity contribution in [2.45, 2.75) is 18.9 Å². The minimum atomic E-state index is -0.613. The number of H-pyrrole nitrogens is 1. The van der Waals surface area contributed by atoms with Crippen molar-refractivity contribution in [3.05, 3.63) is 48.0 Å². The molecule has 1 atom stereocenters. The number of anilines is 1. The van der Waals surface area contributed by atoms with Crippen molar-refractivity contribution in [3.63, 3.8) is 0 Å². The Bertz CT molecular complexity index is 1030. The molecule has 0 saturated carbocycles. The Morgan fingerprint density at radius 3 is 2.63 bits per heavy atom. The highest BCUT2D eigenvalue weighted by molar-refractivity contribution is 5.96. The molecular formula is C20H22Cl2F2N4O2. The maximum Gasteiger partial charge on any atom is 0.241 e. The lowest BCUT2D eigenvalue weighted by molar-refractivity contribution is -0.119. The third kappa shape index (κ3) is 5.07. The van der Waals surface area contributed by atoms with E-state index in [1.165, 1.54) is 0 Å². The third-order valence-corrected chi connectivity index (χ3v) is 5.01. The van der Waals surface area contributed by atoms with E-state index in [9.17, 15) is 13.6 Å². The molecule has 1 aromatic heterocycles. The van der Waals surface area contributed by atoms with Crippen molar-refractivity contribution < 1.29 is 18.3 Å². The summed E-state index contributed by atoms with van der Waals surface area (Å²) in [4.78, 5) is 19.7. The Morgan fingerprint density at radius 2 is 1.90 bits per heavy atom. The highest BCUT2D eigenvalue weighted by atomic mass is 35.5.